The lowest BCUT2D eigenvalue weighted by molar-refractivity contribution is -0.137. The van der Waals surface area contributed by atoms with Crippen molar-refractivity contribution in [1.29, 1.82) is 0 Å². The van der Waals surface area contributed by atoms with Crippen molar-refractivity contribution in [1.82, 2.24) is 15.1 Å². The molecule has 2 unspecified atom stereocenters. The highest BCUT2D eigenvalue weighted by Gasteiger charge is 2.47. The quantitative estimate of drug-likeness (QED) is 0.508. The molecule has 9 heteroatoms. The average Bonchev–Trinajstić information content (AvgIpc) is 2.55. The fraction of sp³-hybridized carbons (Fsp3) is 0.429. The highest BCUT2D eigenvalue weighted by Crippen LogP contribution is 2.44. The summed E-state index contributed by atoms with van der Waals surface area (Å²) in [5, 5.41) is 4.82. The fourth-order valence-corrected chi connectivity index (χ4v) is 3.49. The van der Waals surface area contributed by atoms with Crippen molar-refractivity contribution in [2.24, 2.45) is 0 Å². The summed E-state index contributed by atoms with van der Waals surface area (Å²) in [7, 11) is -3.87. The lowest BCUT2D eigenvalue weighted by Crippen LogP contribution is -2.63. The van der Waals surface area contributed by atoms with E-state index in [-0.39, 0.29) is 13.2 Å². The summed E-state index contributed by atoms with van der Waals surface area (Å²) in [5.41, 5.74) is 0.827. The monoisotopic (exact) mass is 341 g/mol. The zero-order chi connectivity index (χ0) is 16.9. The number of carbonyl (C=O) groups excluding carboxylic acids is 2. The summed E-state index contributed by atoms with van der Waals surface area (Å²) in [5.74, 6) is -0.601. The molecule has 2 amide bonds. The number of rotatable bonds is 7. The van der Waals surface area contributed by atoms with Gasteiger partial charge in [-0.1, -0.05) is 37.3 Å². The zero-order valence-corrected chi connectivity index (χ0v) is 13.7. The van der Waals surface area contributed by atoms with Crippen molar-refractivity contribution in [3.63, 3.8) is 0 Å². The van der Waals surface area contributed by atoms with Gasteiger partial charge in [-0.25, -0.2) is 14.4 Å². The van der Waals surface area contributed by atoms with Crippen LogP contribution in [0.1, 0.15) is 18.9 Å². The van der Waals surface area contributed by atoms with Crippen LogP contribution in [0.4, 0.5) is 4.79 Å². The molecule has 0 aromatic heterocycles. The Bertz CT molecular complexity index is 610. The predicted molar refractivity (Wildman–Crippen MR) is 83.4 cm³/mol. The molecule has 3 N–H and O–H groups in total. The Balaban J connectivity index is 1.76. The maximum absolute atomic E-state index is 11.9. The van der Waals surface area contributed by atoms with Crippen molar-refractivity contribution in [2.45, 2.75) is 26.0 Å². The molecular weight excluding hydrogens is 321 g/mol. The van der Waals surface area contributed by atoms with Crippen LogP contribution >= 0.6 is 7.67 Å². The van der Waals surface area contributed by atoms with E-state index in [4.69, 9.17) is 4.74 Å². The van der Waals surface area contributed by atoms with Gasteiger partial charge < -0.3 is 14.9 Å². The molecule has 1 aromatic carbocycles. The highest BCUT2D eigenvalue weighted by atomic mass is 31.2. The average molecular weight is 341 g/mol. The summed E-state index contributed by atoms with van der Waals surface area (Å²) in [6, 6.07) is 8.29. The van der Waals surface area contributed by atoms with E-state index in [9.17, 15) is 19.0 Å². The van der Waals surface area contributed by atoms with Crippen molar-refractivity contribution in [3.8, 4) is 0 Å². The zero-order valence-electron chi connectivity index (χ0n) is 12.8. The van der Waals surface area contributed by atoms with E-state index in [1.54, 1.807) is 0 Å². The smallest absolute Gasteiger partial charge is 0.408 e. The summed E-state index contributed by atoms with van der Waals surface area (Å²) < 4.78 is 17.8. The Morgan fingerprint density at radius 1 is 1.43 bits per heavy atom. The van der Waals surface area contributed by atoms with Gasteiger partial charge in [-0.15, -0.1) is 0 Å². The maximum atomic E-state index is 11.9. The Morgan fingerprint density at radius 2 is 2.13 bits per heavy atom. The Morgan fingerprint density at radius 3 is 2.74 bits per heavy atom. The van der Waals surface area contributed by atoms with Crippen LogP contribution in [0.25, 0.3) is 0 Å². The van der Waals surface area contributed by atoms with Crippen LogP contribution in [0.15, 0.2) is 30.3 Å². The van der Waals surface area contributed by atoms with Crippen LogP contribution < -0.4 is 10.4 Å². The fourth-order valence-electron chi connectivity index (χ4n) is 2.01. The molecule has 1 saturated heterocycles. The number of ether oxygens (including phenoxy) is 1. The van der Waals surface area contributed by atoms with Gasteiger partial charge in [0.2, 0.25) is 0 Å². The van der Waals surface area contributed by atoms with E-state index < -0.39 is 25.7 Å². The Hall–Kier alpha value is -1.89. The van der Waals surface area contributed by atoms with Crippen molar-refractivity contribution < 1.29 is 23.8 Å². The van der Waals surface area contributed by atoms with Gasteiger partial charge in [-0.3, -0.25) is 9.46 Å². The van der Waals surface area contributed by atoms with Gasteiger partial charge in [0.05, 0.1) is 6.54 Å². The molecule has 0 bridgehead atoms. The Labute approximate surface area is 134 Å². The molecule has 0 saturated carbocycles. The summed E-state index contributed by atoms with van der Waals surface area (Å²) in [4.78, 5) is 33.3. The minimum atomic E-state index is -3.87. The van der Waals surface area contributed by atoms with Crippen LogP contribution in [0, 0.1) is 0 Å². The molecule has 0 aliphatic carbocycles. The number of nitrogens with one attached hydrogen (secondary N) is 2. The lowest BCUT2D eigenvalue weighted by Gasteiger charge is -2.40. The molecule has 1 heterocycles. The van der Waals surface area contributed by atoms with E-state index in [1.807, 2.05) is 37.3 Å². The predicted octanol–water partition coefficient (Wildman–Crippen LogP) is 1.22. The summed E-state index contributed by atoms with van der Waals surface area (Å²) >= 11 is 0. The summed E-state index contributed by atoms with van der Waals surface area (Å²) in [6.07, 6.45) is -0.0683. The normalized spacial score (nSPS) is 19.7. The first-order chi connectivity index (χ1) is 10.9. The van der Waals surface area contributed by atoms with Crippen molar-refractivity contribution in [2.75, 3.05) is 13.1 Å². The molecule has 126 valence electrons. The number of amides is 2. The number of carbonyl (C=O) groups is 2. The Kier molecular flexibility index (Phi) is 5.76. The molecule has 1 aliphatic rings. The van der Waals surface area contributed by atoms with Gasteiger partial charge in [0.25, 0.3) is 5.91 Å². The first kappa shape index (κ1) is 17.5. The number of hydrogen-bond acceptors (Lipinski definition) is 4. The van der Waals surface area contributed by atoms with Gasteiger partial charge in [0, 0.05) is 6.54 Å². The van der Waals surface area contributed by atoms with Crippen LogP contribution in [0.3, 0.4) is 0 Å². The molecular formula is C14H20N3O5P. The van der Waals surface area contributed by atoms with E-state index in [0.717, 1.165) is 10.2 Å². The van der Waals surface area contributed by atoms with E-state index in [1.165, 1.54) is 0 Å². The SMILES string of the molecule is CCCNP(=O)(O)N1CC(NC(=O)OCc2ccccc2)C1=O. The molecule has 2 rings (SSSR count). The molecule has 1 fully saturated rings. The number of nitrogens with zero attached hydrogens (tertiary/aromatic N) is 1. The number of benzene rings is 1. The van der Waals surface area contributed by atoms with E-state index >= 15 is 0 Å². The largest absolute Gasteiger partial charge is 0.445 e. The van der Waals surface area contributed by atoms with E-state index in [0.29, 0.717) is 13.0 Å². The van der Waals surface area contributed by atoms with Crippen LogP contribution in [0.2, 0.25) is 0 Å². The molecule has 1 aromatic rings. The lowest BCUT2D eigenvalue weighted by atomic mass is 10.2. The molecule has 0 spiro atoms. The first-order valence-electron chi connectivity index (χ1n) is 7.31. The third-order valence-corrected chi connectivity index (χ3v) is 4.96. The van der Waals surface area contributed by atoms with Crippen LogP contribution in [0.5, 0.6) is 0 Å². The van der Waals surface area contributed by atoms with Gasteiger partial charge >= 0.3 is 13.8 Å². The van der Waals surface area contributed by atoms with E-state index in [2.05, 4.69) is 10.4 Å². The maximum Gasteiger partial charge on any atom is 0.408 e. The van der Waals surface area contributed by atoms with Gasteiger partial charge in [0.1, 0.15) is 12.6 Å². The topological polar surface area (TPSA) is 108 Å². The third-order valence-electron chi connectivity index (χ3n) is 3.31. The van der Waals surface area contributed by atoms with Gasteiger partial charge in [-0.05, 0) is 12.0 Å². The van der Waals surface area contributed by atoms with Crippen LogP contribution in [-0.4, -0.2) is 40.7 Å². The molecule has 1 aliphatic heterocycles. The summed E-state index contributed by atoms with van der Waals surface area (Å²) in [6.45, 7) is 2.24. The molecule has 2 atom stereocenters. The van der Waals surface area contributed by atoms with Crippen LogP contribution in [-0.2, 0) is 20.7 Å². The van der Waals surface area contributed by atoms with Crippen molar-refractivity contribution >= 4 is 19.7 Å². The second-order valence-electron chi connectivity index (χ2n) is 5.13. The van der Waals surface area contributed by atoms with Gasteiger partial charge in [-0.2, -0.15) is 0 Å². The molecule has 0 radical (unpaired) electrons. The van der Waals surface area contributed by atoms with Crippen molar-refractivity contribution in [3.05, 3.63) is 35.9 Å². The highest BCUT2D eigenvalue weighted by molar-refractivity contribution is 7.54. The second-order valence-corrected chi connectivity index (χ2v) is 7.02. The second kappa shape index (κ2) is 7.59. The number of alkyl carbamates (subject to hydrolysis) is 1. The first-order valence-corrected chi connectivity index (χ1v) is 8.92. The van der Waals surface area contributed by atoms with Gasteiger partial charge in [0.15, 0.2) is 0 Å². The standard InChI is InChI=1S/C14H20N3O5P/c1-2-8-15-23(20,21)17-9-12(13(17)18)16-14(19)22-10-11-6-4-3-5-7-11/h3-7,12H,2,8-10H2,1H3,(H,16,19)(H2,15,20,21). The minimum absolute atomic E-state index is 0.0240. The number of hydrogen-bond donors (Lipinski definition) is 3. The third kappa shape index (κ3) is 4.54. The molecule has 8 nitrogen and oxygen atoms in total. The molecule has 23 heavy (non-hydrogen) atoms. The number of β-lactam (4-membered cyclic amide) rings is 1. The minimum Gasteiger partial charge on any atom is -0.445 e.